The summed E-state index contributed by atoms with van der Waals surface area (Å²) in [6.07, 6.45) is 0. The Morgan fingerprint density at radius 3 is 2.32 bits per heavy atom. The van der Waals surface area contributed by atoms with Crippen molar-refractivity contribution in [3.8, 4) is 5.75 Å². The number of sulfone groups is 1. The van der Waals surface area contributed by atoms with Gasteiger partial charge in [-0.15, -0.1) is 0 Å². The van der Waals surface area contributed by atoms with Crippen molar-refractivity contribution in [2.24, 2.45) is 4.99 Å². The Kier molecular flexibility index (Phi) is 6.03. The SMILES string of the molecule is CN=C(NC)NCCOc1ccc(S(=O)(=O)C(F)(F)F)cc1. The van der Waals surface area contributed by atoms with Crippen LogP contribution in [0.4, 0.5) is 13.2 Å². The van der Waals surface area contributed by atoms with E-state index in [4.69, 9.17) is 4.74 Å². The highest BCUT2D eigenvalue weighted by Crippen LogP contribution is 2.30. The van der Waals surface area contributed by atoms with E-state index >= 15 is 0 Å². The highest BCUT2D eigenvalue weighted by atomic mass is 32.2. The molecular formula is C12H16F3N3O3S. The van der Waals surface area contributed by atoms with Crippen molar-refractivity contribution in [2.45, 2.75) is 10.4 Å². The fourth-order valence-corrected chi connectivity index (χ4v) is 2.23. The van der Waals surface area contributed by atoms with Gasteiger partial charge in [0.05, 0.1) is 11.4 Å². The van der Waals surface area contributed by atoms with Gasteiger partial charge in [0.2, 0.25) is 0 Å². The van der Waals surface area contributed by atoms with Crippen LogP contribution in [0, 0.1) is 0 Å². The summed E-state index contributed by atoms with van der Waals surface area (Å²) in [6.45, 7) is 0.641. The van der Waals surface area contributed by atoms with Gasteiger partial charge in [-0.1, -0.05) is 0 Å². The molecule has 0 unspecified atom stereocenters. The second kappa shape index (κ2) is 7.34. The third kappa shape index (κ3) is 4.52. The summed E-state index contributed by atoms with van der Waals surface area (Å²) in [4.78, 5) is 3.06. The summed E-state index contributed by atoms with van der Waals surface area (Å²) in [5.74, 6) is 0.831. The molecule has 0 heterocycles. The zero-order valence-corrected chi connectivity index (χ0v) is 12.8. The van der Waals surface area contributed by atoms with Crippen molar-refractivity contribution in [3.63, 3.8) is 0 Å². The van der Waals surface area contributed by atoms with Crippen LogP contribution < -0.4 is 15.4 Å². The number of hydrogen-bond acceptors (Lipinski definition) is 4. The van der Waals surface area contributed by atoms with Crippen molar-refractivity contribution in [1.29, 1.82) is 0 Å². The molecule has 1 aromatic carbocycles. The zero-order chi connectivity index (χ0) is 16.8. The molecule has 1 rings (SSSR count). The van der Waals surface area contributed by atoms with Gasteiger partial charge in [-0.25, -0.2) is 8.42 Å². The number of halogens is 3. The lowest BCUT2D eigenvalue weighted by molar-refractivity contribution is -0.0436. The molecule has 0 atom stereocenters. The number of rotatable bonds is 5. The normalized spacial score (nSPS) is 12.9. The van der Waals surface area contributed by atoms with Crippen LogP contribution in [0.2, 0.25) is 0 Å². The second-order valence-corrected chi connectivity index (χ2v) is 5.96. The first-order chi connectivity index (χ1) is 10.2. The van der Waals surface area contributed by atoms with Crippen LogP contribution in [-0.4, -0.2) is 47.1 Å². The van der Waals surface area contributed by atoms with Gasteiger partial charge in [0.1, 0.15) is 12.4 Å². The highest BCUT2D eigenvalue weighted by molar-refractivity contribution is 7.92. The van der Waals surface area contributed by atoms with Gasteiger partial charge in [0.25, 0.3) is 9.84 Å². The van der Waals surface area contributed by atoms with Crippen molar-refractivity contribution < 1.29 is 26.3 Å². The molecular weight excluding hydrogens is 323 g/mol. The summed E-state index contributed by atoms with van der Waals surface area (Å²) in [5.41, 5.74) is -5.32. The minimum Gasteiger partial charge on any atom is -0.492 e. The minimum absolute atomic E-state index is 0.228. The molecule has 0 aliphatic rings. The summed E-state index contributed by atoms with van der Waals surface area (Å²) in [6, 6.07) is 4.06. The number of alkyl halides is 3. The second-order valence-electron chi connectivity index (χ2n) is 4.02. The van der Waals surface area contributed by atoms with Crippen molar-refractivity contribution in [1.82, 2.24) is 10.6 Å². The number of ether oxygens (including phenoxy) is 1. The van der Waals surface area contributed by atoms with Gasteiger partial charge >= 0.3 is 5.51 Å². The van der Waals surface area contributed by atoms with E-state index < -0.39 is 20.2 Å². The Hall–Kier alpha value is -1.97. The van der Waals surface area contributed by atoms with Crippen LogP contribution in [0.15, 0.2) is 34.2 Å². The molecule has 0 aliphatic carbocycles. The maximum atomic E-state index is 12.4. The lowest BCUT2D eigenvalue weighted by Gasteiger charge is -2.11. The van der Waals surface area contributed by atoms with E-state index in [2.05, 4.69) is 15.6 Å². The Labute approximate surface area is 126 Å². The smallest absolute Gasteiger partial charge is 0.492 e. The maximum absolute atomic E-state index is 12.4. The van der Waals surface area contributed by atoms with Crippen LogP contribution in [0.3, 0.4) is 0 Å². The van der Waals surface area contributed by atoms with Crippen molar-refractivity contribution in [3.05, 3.63) is 24.3 Å². The molecule has 124 valence electrons. The van der Waals surface area contributed by atoms with E-state index in [1.807, 2.05) is 0 Å². The van der Waals surface area contributed by atoms with E-state index in [-0.39, 0.29) is 12.4 Å². The molecule has 0 radical (unpaired) electrons. The maximum Gasteiger partial charge on any atom is 0.501 e. The Bertz CT molecular complexity index is 613. The molecule has 0 spiro atoms. The molecule has 0 fully saturated rings. The standard InChI is InChI=1S/C12H16F3N3O3S/c1-16-11(17-2)18-7-8-21-9-3-5-10(6-4-9)22(19,20)12(13,14)15/h3-6H,7-8H2,1-2H3,(H2,16,17,18). The molecule has 6 nitrogen and oxygen atoms in total. The fourth-order valence-electron chi connectivity index (χ4n) is 1.47. The summed E-state index contributed by atoms with van der Waals surface area (Å²) in [7, 11) is -2.04. The average Bonchev–Trinajstić information content (AvgIpc) is 2.47. The van der Waals surface area contributed by atoms with E-state index in [0.717, 1.165) is 12.1 Å². The van der Waals surface area contributed by atoms with Gasteiger partial charge in [0.15, 0.2) is 5.96 Å². The minimum atomic E-state index is -5.33. The van der Waals surface area contributed by atoms with E-state index in [1.165, 1.54) is 12.1 Å². The summed E-state index contributed by atoms with van der Waals surface area (Å²) >= 11 is 0. The number of hydrogen-bond donors (Lipinski definition) is 2. The van der Waals surface area contributed by atoms with Crippen LogP contribution in [-0.2, 0) is 9.84 Å². The van der Waals surface area contributed by atoms with Crippen molar-refractivity contribution in [2.75, 3.05) is 27.2 Å². The summed E-state index contributed by atoms with van der Waals surface area (Å²) < 4.78 is 64.7. The summed E-state index contributed by atoms with van der Waals surface area (Å²) in [5, 5.41) is 5.71. The lowest BCUT2D eigenvalue weighted by Crippen LogP contribution is -2.37. The van der Waals surface area contributed by atoms with Gasteiger partial charge in [-0.3, -0.25) is 4.99 Å². The van der Waals surface area contributed by atoms with E-state index in [0.29, 0.717) is 12.5 Å². The topological polar surface area (TPSA) is 79.8 Å². The lowest BCUT2D eigenvalue weighted by atomic mass is 10.3. The molecule has 2 N–H and O–H groups in total. The first-order valence-electron chi connectivity index (χ1n) is 6.15. The number of benzene rings is 1. The predicted molar refractivity (Wildman–Crippen MR) is 75.6 cm³/mol. The molecule has 0 bridgehead atoms. The quantitative estimate of drug-likeness (QED) is 0.478. The van der Waals surface area contributed by atoms with Gasteiger partial charge in [-0.2, -0.15) is 13.2 Å². The third-order valence-corrected chi connectivity index (χ3v) is 4.06. The predicted octanol–water partition coefficient (Wildman–Crippen LogP) is 1.15. The number of guanidine groups is 1. The number of aliphatic imine (C=N–C) groups is 1. The molecule has 10 heteroatoms. The monoisotopic (exact) mass is 339 g/mol. The fraction of sp³-hybridized carbons (Fsp3) is 0.417. The molecule has 0 aliphatic heterocycles. The molecule has 0 aromatic heterocycles. The van der Waals surface area contributed by atoms with Crippen molar-refractivity contribution >= 4 is 15.8 Å². The number of nitrogens with zero attached hydrogens (tertiary/aromatic N) is 1. The highest BCUT2D eigenvalue weighted by Gasteiger charge is 2.46. The first-order valence-corrected chi connectivity index (χ1v) is 7.63. The first kappa shape index (κ1) is 18.1. The largest absolute Gasteiger partial charge is 0.501 e. The van der Waals surface area contributed by atoms with Crippen LogP contribution in [0.1, 0.15) is 0 Å². The van der Waals surface area contributed by atoms with Crippen LogP contribution in [0.25, 0.3) is 0 Å². The molecule has 22 heavy (non-hydrogen) atoms. The molecule has 0 amide bonds. The van der Waals surface area contributed by atoms with E-state index in [1.54, 1.807) is 14.1 Å². The van der Waals surface area contributed by atoms with Gasteiger partial charge in [0, 0.05) is 14.1 Å². The van der Waals surface area contributed by atoms with Gasteiger partial charge in [-0.05, 0) is 24.3 Å². The molecule has 0 saturated heterocycles. The molecule has 1 aromatic rings. The third-order valence-electron chi connectivity index (χ3n) is 2.56. The Morgan fingerprint density at radius 2 is 1.86 bits per heavy atom. The Morgan fingerprint density at radius 1 is 1.27 bits per heavy atom. The number of nitrogens with one attached hydrogen (secondary N) is 2. The molecule has 0 saturated carbocycles. The van der Waals surface area contributed by atoms with Gasteiger partial charge < -0.3 is 15.4 Å². The van der Waals surface area contributed by atoms with Crippen LogP contribution in [0.5, 0.6) is 5.75 Å². The zero-order valence-electron chi connectivity index (χ0n) is 11.9. The van der Waals surface area contributed by atoms with Crippen LogP contribution >= 0.6 is 0 Å². The van der Waals surface area contributed by atoms with E-state index in [9.17, 15) is 21.6 Å². The average molecular weight is 339 g/mol. The Balaban J connectivity index is 2.60.